The molecule has 1 atom stereocenters. The Balaban J connectivity index is 2.44. The summed E-state index contributed by atoms with van der Waals surface area (Å²) >= 11 is 0. The molecule has 1 nitrogen and oxygen atoms in total. The van der Waals surface area contributed by atoms with E-state index in [1.807, 2.05) is 6.92 Å². The van der Waals surface area contributed by atoms with Gasteiger partial charge in [0, 0.05) is 6.04 Å². The third-order valence-electron chi connectivity index (χ3n) is 4.43. The van der Waals surface area contributed by atoms with Gasteiger partial charge in [0.05, 0.1) is 5.56 Å². The van der Waals surface area contributed by atoms with E-state index in [0.29, 0.717) is 12.1 Å². The van der Waals surface area contributed by atoms with Gasteiger partial charge in [0.25, 0.3) is 0 Å². The van der Waals surface area contributed by atoms with E-state index in [1.165, 1.54) is 12.1 Å². The van der Waals surface area contributed by atoms with Crippen molar-refractivity contribution in [2.24, 2.45) is 5.41 Å². The van der Waals surface area contributed by atoms with Crippen molar-refractivity contribution in [2.75, 3.05) is 6.54 Å². The van der Waals surface area contributed by atoms with E-state index < -0.39 is 11.7 Å². The summed E-state index contributed by atoms with van der Waals surface area (Å²) in [5.41, 5.74) is -0.192. The topological polar surface area (TPSA) is 12.0 Å². The Morgan fingerprint density at radius 1 is 1.20 bits per heavy atom. The van der Waals surface area contributed by atoms with E-state index in [2.05, 4.69) is 12.2 Å². The number of halogens is 3. The molecule has 20 heavy (non-hydrogen) atoms. The quantitative estimate of drug-likeness (QED) is 0.826. The molecule has 4 heteroatoms. The van der Waals surface area contributed by atoms with Gasteiger partial charge in [0.1, 0.15) is 0 Å². The molecule has 0 spiro atoms. The van der Waals surface area contributed by atoms with Gasteiger partial charge in [-0.1, -0.05) is 44.9 Å². The van der Waals surface area contributed by atoms with Crippen LogP contribution in [-0.2, 0) is 6.18 Å². The lowest BCUT2D eigenvalue weighted by molar-refractivity contribution is -0.138. The average molecular weight is 285 g/mol. The summed E-state index contributed by atoms with van der Waals surface area (Å²) in [6.07, 6.45) is -0.119. The van der Waals surface area contributed by atoms with Crippen molar-refractivity contribution in [3.63, 3.8) is 0 Å². The molecule has 1 aliphatic rings. The number of nitrogens with one attached hydrogen (secondary N) is 1. The second kappa shape index (κ2) is 5.76. The molecule has 0 saturated heterocycles. The summed E-state index contributed by atoms with van der Waals surface area (Å²) in [5, 5.41) is 3.29. The summed E-state index contributed by atoms with van der Waals surface area (Å²) in [7, 11) is 0. The standard InChI is InChI=1S/C16H22F3N/c1-3-20-14(15(2)10-6-7-11-15)12-8-4-5-9-13(12)16(17,18)19/h4-5,8-9,14,20H,3,6-7,10-11H2,1-2H3. The zero-order valence-corrected chi connectivity index (χ0v) is 12.1. The Morgan fingerprint density at radius 2 is 1.80 bits per heavy atom. The zero-order valence-electron chi connectivity index (χ0n) is 12.1. The smallest absolute Gasteiger partial charge is 0.310 e. The van der Waals surface area contributed by atoms with Crippen molar-refractivity contribution in [2.45, 2.75) is 51.7 Å². The molecule has 0 aliphatic heterocycles. The first-order valence-corrected chi connectivity index (χ1v) is 7.28. The van der Waals surface area contributed by atoms with E-state index in [1.54, 1.807) is 12.1 Å². The van der Waals surface area contributed by atoms with Gasteiger partial charge in [0.15, 0.2) is 0 Å². The molecular formula is C16H22F3N. The lowest BCUT2D eigenvalue weighted by atomic mass is 9.76. The molecule has 0 aromatic heterocycles. The Morgan fingerprint density at radius 3 is 2.35 bits per heavy atom. The van der Waals surface area contributed by atoms with Crippen LogP contribution in [0, 0.1) is 5.41 Å². The van der Waals surface area contributed by atoms with Gasteiger partial charge in [-0.25, -0.2) is 0 Å². The Kier molecular flexibility index (Phi) is 4.43. The molecule has 0 bridgehead atoms. The first-order valence-electron chi connectivity index (χ1n) is 7.28. The highest BCUT2D eigenvalue weighted by Gasteiger charge is 2.42. The Labute approximate surface area is 118 Å². The van der Waals surface area contributed by atoms with Crippen LogP contribution in [0.2, 0.25) is 0 Å². The molecule has 1 aromatic carbocycles. The normalized spacial score (nSPS) is 20.1. The van der Waals surface area contributed by atoms with E-state index in [9.17, 15) is 13.2 Å². The number of rotatable bonds is 4. The Hall–Kier alpha value is -1.03. The van der Waals surface area contributed by atoms with Crippen LogP contribution >= 0.6 is 0 Å². The average Bonchev–Trinajstić information content (AvgIpc) is 2.83. The second-order valence-corrected chi connectivity index (χ2v) is 5.94. The summed E-state index contributed by atoms with van der Waals surface area (Å²) in [6, 6.07) is 5.75. The van der Waals surface area contributed by atoms with E-state index in [-0.39, 0.29) is 11.5 Å². The van der Waals surface area contributed by atoms with Crippen molar-refractivity contribution in [3.05, 3.63) is 35.4 Å². The monoisotopic (exact) mass is 285 g/mol. The number of hydrogen-bond acceptors (Lipinski definition) is 1. The van der Waals surface area contributed by atoms with Gasteiger partial charge in [-0.2, -0.15) is 13.2 Å². The lowest BCUT2D eigenvalue weighted by Crippen LogP contribution is -2.35. The summed E-state index contributed by atoms with van der Waals surface area (Å²) in [6.45, 7) is 4.73. The molecule has 1 aliphatic carbocycles. The fourth-order valence-electron chi connectivity index (χ4n) is 3.41. The molecule has 0 amide bonds. The third-order valence-corrected chi connectivity index (χ3v) is 4.43. The molecule has 1 fully saturated rings. The maximum absolute atomic E-state index is 13.2. The minimum Gasteiger partial charge on any atom is -0.310 e. The largest absolute Gasteiger partial charge is 0.416 e. The fraction of sp³-hybridized carbons (Fsp3) is 0.625. The summed E-state index contributed by atoms with van der Waals surface area (Å²) < 4.78 is 39.7. The van der Waals surface area contributed by atoms with Crippen molar-refractivity contribution in [1.82, 2.24) is 5.32 Å². The van der Waals surface area contributed by atoms with Gasteiger partial charge in [-0.3, -0.25) is 0 Å². The molecular weight excluding hydrogens is 263 g/mol. The number of benzene rings is 1. The zero-order chi connectivity index (χ0) is 14.8. The van der Waals surface area contributed by atoms with Crippen molar-refractivity contribution in [1.29, 1.82) is 0 Å². The third kappa shape index (κ3) is 3.00. The first-order chi connectivity index (χ1) is 9.38. The van der Waals surface area contributed by atoms with Crippen LogP contribution in [0.4, 0.5) is 13.2 Å². The van der Waals surface area contributed by atoms with Crippen LogP contribution < -0.4 is 5.32 Å². The molecule has 2 rings (SSSR count). The lowest BCUT2D eigenvalue weighted by Gasteiger charge is -2.36. The highest BCUT2D eigenvalue weighted by molar-refractivity contribution is 5.34. The predicted octanol–water partition coefficient (Wildman–Crippen LogP) is 4.94. The van der Waals surface area contributed by atoms with Crippen LogP contribution in [0.15, 0.2) is 24.3 Å². The highest BCUT2D eigenvalue weighted by atomic mass is 19.4. The van der Waals surface area contributed by atoms with Gasteiger partial charge < -0.3 is 5.32 Å². The van der Waals surface area contributed by atoms with Crippen molar-refractivity contribution >= 4 is 0 Å². The number of alkyl halides is 3. The van der Waals surface area contributed by atoms with Crippen molar-refractivity contribution in [3.8, 4) is 0 Å². The van der Waals surface area contributed by atoms with Crippen LogP contribution in [0.3, 0.4) is 0 Å². The van der Waals surface area contributed by atoms with Crippen molar-refractivity contribution < 1.29 is 13.2 Å². The minimum absolute atomic E-state index is 0.0859. The molecule has 1 aromatic rings. The van der Waals surface area contributed by atoms with E-state index in [0.717, 1.165) is 25.7 Å². The minimum atomic E-state index is -4.29. The van der Waals surface area contributed by atoms with Gasteiger partial charge in [0.2, 0.25) is 0 Å². The highest BCUT2D eigenvalue weighted by Crippen LogP contribution is 2.49. The van der Waals surface area contributed by atoms with Gasteiger partial charge in [-0.05, 0) is 36.4 Å². The van der Waals surface area contributed by atoms with E-state index in [4.69, 9.17) is 0 Å². The molecule has 1 N–H and O–H groups in total. The predicted molar refractivity (Wildman–Crippen MR) is 74.4 cm³/mol. The molecule has 0 heterocycles. The summed E-state index contributed by atoms with van der Waals surface area (Å²) in [4.78, 5) is 0. The van der Waals surface area contributed by atoms with Crippen LogP contribution in [0.25, 0.3) is 0 Å². The SMILES string of the molecule is CCNC(c1ccccc1C(F)(F)F)C1(C)CCCC1. The van der Waals surface area contributed by atoms with Crippen LogP contribution in [0.1, 0.15) is 56.7 Å². The molecule has 1 unspecified atom stereocenters. The number of hydrogen-bond donors (Lipinski definition) is 1. The second-order valence-electron chi connectivity index (χ2n) is 5.94. The van der Waals surface area contributed by atoms with Crippen LogP contribution in [0.5, 0.6) is 0 Å². The summed E-state index contributed by atoms with van der Waals surface area (Å²) in [5.74, 6) is 0. The molecule has 112 valence electrons. The molecule has 0 radical (unpaired) electrons. The maximum atomic E-state index is 13.2. The fourth-order valence-corrected chi connectivity index (χ4v) is 3.41. The first kappa shape index (κ1) is 15.4. The van der Waals surface area contributed by atoms with E-state index >= 15 is 0 Å². The van der Waals surface area contributed by atoms with Crippen LogP contribution in [-0.4, -0.2) is 6.54 Å². The maximum Gasteiger partial charge on any atom is 0.416 e. The van der Waals surface area contributed by atoms with Gasteiger partial charge >= 0.3 is 6.18 Å². The molecule has 1 saturated carbocycles. The Bertz CT molecular complexity index is 447. The van der Waals surface area contributed by atoms with Gasteiger partial charge in [-0.15, -0.1) is 0 Å².